The maximum atomic E-state index is 13.8. The lowest BCUT2D eigenvalue weighted by molar-refractivity contribution is 0.101. The molecule has 0 spiro atoms. The number of aromatic amines is 1. The van der Waals surface area contributed by atoms with Crippen molar-refractivity contribution >= 4 is 5.78 Å². The summed E-state index contributed by atoms with van der Waals surface area (Å²) < 4.78 is 3.53. The first-order chi connectivity index (χ1) is 19.5. The molecule has 0 bridgehead atoms. The van der Waals surface area contributed by atoms with Crippen molar-refractivity contribution in [2.75, 3.05) is 0 Å². The van der Waals surface area contributed by atoms with Crippen LogP contribution in [0, 0.1) is 0 Å². The molecule has 5 rings (SSSR count). The Morgan fingerprint density at radius 1 is 0.975 bits per heavy atom. The van der Waals surface area contributed by atoms with Crippen molar-refractivity contribution < 1.29 is 4.79 Å². The first-order valence-corrected chi connectivity index (χ1v) is 13.7. The van der Waals surface area contributed by atoms with Gasteiger partial charge in [-0.05, 0) is 66.3 Å². The summed E-state index contributed by atoms with van der Waals surface area (Å²) >= 11 is 0. The lowest BCUT2D eigenvalue weighted by Crippen LogP contribution is -2.26. The van der Waals surface area contributed by atoms with Crippen molar-refractivity contribution in [2.45, 2.75) is 59.4 Å². The van der Waals surface area contributed by atoms with Crippen LogP contribution in [0.4, 0.5) is 0 Å². The Balaban J connectivity index is 1.44. The summed E-state index contributed by atoms with van der Waals surface area (Å²) in [4.78, 5) is 31.0. The lowest BCUT2D eigenvalue weighted by atomic mass is 10.0. The van der Waals surface area contributed by atoms with Crippen LogP contribution in [0.1, 0.15) is 60.8 Å². The third-order valence-electron chi connectivity index (χ3n) is 7.22. The number of nitrogens with one attached hydrogen (secondary N) is 1. The summed E-state index contributed by atoms with van der Waals surface area (Å²) in [5.41, 5.74) is 6.76. The number of para-hydroxylation sites is 1. The van der Waals surface area contributed by atoms with E-state index in [-0.39, 0.29) is 11.5 Å². The number of hydrogen-bond acceptors (Lipinski definition) is 6. The Kier molecular flexibility index (Phi) is 8.10. The van der Waals surface area contributed by atoms with E-state index < -0.39 is 0 Å². The molecule has 0 unspecified atom stereocenters. The Labute approximate surface area is 232 Å². The molecule has 1 N–H and O–H groups in total. The number of Topliss-reactive ketones (excluding diaryl/α,β-unsaturated/α-hetero) is 1. The number of rotatable bonds is 11. The fraction of sp³-hybridized carbons (Fsp3) is 0.290. The number of pyridine rings is 1. The first kappa shape index (κ1) is 26.9. The Bertz CT molecular complexity index is 1670. The second-order valence-electron chi connectivity index (χ2n) is 9.85. The van der Waals surface area contributed by atoms with E-state index in [1.165, 1.54) is 0 Å². The van der Waals surface area contributed by atoms with Gasteiger partial charge in [0.15, 0.2) is 11.6 Å². The van der Waals surface area contributed by atoms with Crippen LogP contribution >= 0.6 is 0 Å². The van der Waals surface area contributed by atoms with Crippen LogP contribution in [0.25, 0.3) is 28.3 Å². The number of imidazole rings is 1. The third kappa shape index (κ3) is 5.40. The van der Waals surface area contributed by atoms with Crippen LogP contribution < -0.4 is 5.69 Å². The minimum Gasteiger partial charge on any atom is -0.296 e. The van der Waals surface area contributed by atoms with E-state index in [0.717, 1.165) is 59.3 Å². The maximum Gasteiger partial charge on any atom is 0.332 e. The standard InChI is InChI=1S/C31H33N7O2/c1-4-6-11-24-20-38(29-23(5-2)10-9-14-25(29)21(3)39)31(40)37(24)18-17-22-15-16-28(32-19-22)26-12-7-8-13-27(26)30-33-35-36-34-30/h7-10,12-16,19-20H,4-6,11,17-18H2,1-3H3,(H,33,34,35,36). The third-order valence-corrected chi connectivity index (χ3v) is 7.22. The predicted molar refractivity (Wildman–Crippen MR) is 155 cm³/mol. The van der Waals surface area contributed by atoms with E-state index in [0.29, 0.717) is 30.0 Å². The summed E-state index contributed by atoms with van der Waals surface area (Å²) in [6.07, 6.45) is 7.97. The molecule has 0 saturated carbocycles. The average Bonchev–Trinajstić information content (AvgIpc) is 3.63. The Hall–Kier alpha value is -4.66. The maximum absolute atomic E-state index is 13.8. The Morgan fingerprint density at radius 3 is 2.48 bits per heavy atom. The molecule has 0 aliphatic heterocycles. The van der Waals surface area contributed by atoms with Gasteiger partial charge < -0.3 is 0 Å². The SMILES string of the molecule is CCCCc1cn(-c2c(CC)cccc2C(C)=O)c(=O)n1CCc1ccc(-c2ccccc2-c2nnn[nH]2)nc1. The zero-order valence-corrected chi connectivity index (χ0v) is 23.1. The second-order valence-corrected chi connectivity index (χ2v) is 9.85. The zero-order chi connectivity index (χ0) is 28.1. The number of unbranched alkanes of at least 4 members (excludes halogenated alkanes) is 1. The molecule has 0 saturated heterocycles. The van der Waals surface area contributed by atoms with Crippen LogP contribution in [0.5, 0.6) is 0 Å². The molecular formula is C31H33N7O2. The fourth-order valence-corrected chi connectivity index (χ4v) is 5.09. The molecule has 2 aromatic carbocycles. The van der Waals surface area contributed by atoms with Crippen LogP contribution in [0.3, 0.4) is 0 Å². The second kappa shape index (κ2) is 12.0. The molecule has 9 nitrogen and oxygen atoms in total. The lowest BCUT2D eigenvalue weighted by Gasteiger charge is -2.12. The van der Waals surface area contributed by atoms with Crippen LogP contribution in [-0.4, -0.2) is 40.5 Å². The number of nitrogens with zero attached hydrogens (tertiary/aromatic N) is 6. The number of carbonyl (C=O) groups is 1. The van der Waals surface area contributed by atoms with Gasteiger partial charge in [-0.2, -0.15) is 0 Å². The first-order valence-electron chi connectivity index (χ1n) is 13.7. The number of aryl methyl sites for hydroxylation is 3. The summed E-state index contributed by atoms with van der Waals surface area (Å²) in [6.45, 7) is 6.26. The normalized spacial score (nSPS) is 11.2. The van der Waals surface area contributed by atoms with Gasteiger partial charge in [-0.3, -0.25) is 18.9 Å². The zero-order valence-electron chi connectivity index (χ0n) is 23.1. The van der Waals surface area contributed by atoms with Gasteiger partial charge in [0.1, 0.15) is 0 Å². The molecule has 0 aliphatic rings. The van der Waals surface area contributed by atoms with E-state index in [2.05, 4.69) is 27.5 Å². The molecule has 0 radical (unpaired) electrons. The molecular weight excluding hydrogens is 502 g/mol. The minimum absolute atomic E-state index is 0.0487. The highest BCUT2D eigenvalue weighted by molar-refractivity contribution is 5.98. The van der Waals surface area contributed by atoms with E-state index in [1.54, 1.807) is 17.6 Å². The summed E-state index contributed by atoms with van der Waals surface area (Å²) in [6, 6.07) is 17.6. The fourth-order valence-electron chi connectivity index (χ4n) is 5.09. The van der Waals surface area contributed by atoms with Crippen molar-refractivity contribution in [1.82, 2.24) is 34.7 Å². The number of carbonyl (C=O) groups excluding carboxylic acids is 1. The molecule has 9 heteroatoms. The highest BCUT2D eigenvalue weighted by Crippen LogP contribution is 2.28. The van der Waals surface area contributed by atoms with Crippen LogP contribution in [0.15, 0.2) is 71.8 Å². The number of benzene rings is 2. The van der Waals surface area contributed by atoms with Crippen molar-refractivity contribution in [1.29, 1.82) is 0 Å². The van der Waals surface area contributed by atoms with E-state index >= 15 is 0 Å². The van der Waals surface area contributed by atoms with Crippen molar-refractivity contribution in [2.24, 2.45) is 0 Å². The molecule has 204 valence electrons. The number of ketones is 1. The van der Waals surface area contributed by atoms with Gasteiger partial charge in [0.25, 0.3) is 0 Å². The number of H-pyrrole nitrogens is 1. The highest BCUT2D eigenvalue weighted by Gasteiger charge is 2.19. The monoisotopic (exact) mass is 535 g/mol. The number of hydrogen-bond donors (Lipinski definition) is 1. The minimum atomic E-state index is -0.117. The van der Waals surface area contributed by atoms with Gasteiger partial charge in [-0.25, -0.2) is 9.89 Å². The van der Waals surface area contributed by atoms with Gasteiger partial charge in [-0.15, -0.1) is 5.10 Å². The largest absolute Gasteiger partial charge is 0.332 e. The summed E-state index contributed by atoms with van der Waals surface area (Å²) in [7, 11) is 0. The number of tetrazole rings is 1. The molecule has 0 atom stereocenters. The van der Waals surface area contributed by atoms with Gasteiger partial charge >= 0.3 is 5.69 Å². The van der Waals surface area contributed by atoms with Crippen molar-refractivity contribution in [3.63, 3.8) is 0 Å². The van der Waals surface area contributed by atoms with Gasteiger partial charge in [0.2, 0.25) is 0 Å². The van der Waals surface area contributed by atoms with Crippen LogP contribution in [0.2, 0.25) is 0 Å². The van der Waals surface area contributed by atoms with Gasteiger partial charge in [0, 0.05) is 41.3 Å². The van der Waals surface area contributed by atoms with Crippen molar-refractivity contribution in [3.8, 4) is 28.3 Å². The molecule has 40 heavy (non-hydrogen) atoms. The smallest absolute Gasteiger partial charge is 0.296 e. The predicted octanol–water partition coefficient (Wildman–Crippen LogP) is 5.23. The van der Waals surface area contributed by atoms with E-state index in [1.807, 2.05) is 72.4 Å². The highest BCUT2D eigenvalue weighted by atomic mass is 16.2. The van der Waals surface area contributed by atoms with E-state index in [9.17, 15) is 9.59 Å². The quantitative estimate of drug-likeness (QED) is 0.232. The summed E-state index contributed by atoms with van der Waals surface area (Å²) in [5, 5.41) is 14.2. The molecule has 3 aromatic heterocycles. The average molecular weight is 536 g/mol. The Morgan fingerprint density at radius 2 is 1.80 bits per heavy atom. The molecule has 0 fully saturated rings. The topological polar surface area (TPSA) is 111 Å². The molecule has 0 amide bonds. The number of aromatic nitrogens is 7. The van der Waals surface area contributed by atoms with Crippen LogP contribution in [-0.2, 0) is 25.8 Å². The molecule has 0 aliphatic carbocycles. The van der Waals surface area contributed by atoms with Gasteiger partial charge in [0.05, 0.1) is 11.4 Å². The van der Waals surface area contributed by atoms with E-state index in [4.69, 9.17) is 4.98 Å². The summed E-state index contributed by atoms with van der Waals surface area (Å²) in [5.74, 6) is 0.537. The molecule has 5 aromatic rings. The van der Waals surface area contributed by atoms with Crippen molar-refractivity contribution in [3.05, 3.63) is 99.9 Å². The van der Waals surface area contributed by atoms with Gasteiger partial charge in [-0.1, -0.05) is 62.7 Å². The molecule has 3 heterocycles.